The third-order valence-electron chi connectivity index (χ3n) is 2.56. The van der Waals surface area contributed by atoms with Crippen LogP contribution in [0.3, 0.4) is 0 Å². The number of nitrogens with two attached hydrogens (primary N) is 1. The molecular formula is C12H18ClN3O2. The third-order valence-corrected chi connectivity index (χ3v) is 2.86. The van der Waals surface area contributed by atoms with Gasteiger partial charge in [0.15, 0.2) is 0 Å². The normalized spacial score (nSPS) is 10.4. The Bertz CT molecular complexity index is 412. The first-order valence-corrected chi connectivity index (χ1v) is 6.29. The van der Waals surface area contributed by atoms with E-state index in [9.17, 15) is 4.79 Å². The minimum atomic E-state index is -0.188. The Morgan fingerprint density at radius 1 is 1.56 bits per heavy atom. The van der Waals surface area contributed by atoms with Crippen molar-refractivity contribution in [2.45, 2.75) is 19.8 Å². The van der Waals surface area contributed by atoms with Crippen LogP contribution in [-0.2, 0) is 0 Å². The van der Waals surface area contributed by atoms with Crippen LogP contribution in [0.5, 0.6) is 0 Å². The number of hydrogen-bond donors (Lipinski definition) is 2. The van der Waals surface area contributed by atoms with E-state index in [1.807, 2.05) is 6.92 Å². The average molecular weight is 272 g/mol. The number of amides is 1. The summed E-state index contributed by atoms with van der Waals surface area (Å²) in [5, 5.41) is 9.24. The molecular weight excluding hydrogens is 254 g/mol. The van der Waals surface area contributed by atoms with E-state index in [-0.39, 0.29) is 23.4 Å². The monoisotopic (exact) mass is 271 g/mol. The van der Waals surface area contributed by atoms with Crippen LogP contribution < -0.4 is 5.73 Å². The molecule has 6 heteroatoms. The minimum absolute atomic E-state index is 0.0639. The summed E-state index contributed by atoms with van der Waals surface area (Å²) in [4.78, 5) is 17.6. The van der Waals surface area contributed by atoms with Gasteiger partial charge in [0.25, 0.3) is 5.91 Å². The molecule has 0 aromatic carbocycles. The van der Waals surface area contributed by atoms with Crippen LogP contribution in [-0.4, -0.2) is 40.6 Å². The smallest absolute Gasteiger partial charge is 0.255 e. The van der Waals surface area contributed by atoms with Gasteiger partial charge in [-0.2, -0.15) is 0 Å². The van der Waals surface area contributed by atoms with Crippen molar-refractivity contribution in [3.63, 3.8) is 0 Å². The van der Waals surface area contributed by atoms with Crippen LogP contribution in [0.25, 0.3) is 0 Å². The van der Waals surface area contributed by atoms with Crippen LogP contribution in [0.4, 0.5) is 5.82 Å². The van der Waals surface area contributed by atoms with E-state index in [2.05, 4.69) is 4.98 Å². The summed E-state index contributed by atoms with van der Waals surface area (Å²) in [6, 6.07) is 1.50. The Morgan fingerprint density at radius 3 is 2.83 bits per heavy atom. The molecule has 0 spiro atoms. The maximum absolute atomic E-state index is 12.2. The van der Waals surface area contributed by atoms with Crippen molar-refractivity contribution in [3.8, 4) is 0 Å². The lowest BCUT2D eigenvalue weighted by Crippen LogP contribution is -2.34. The number of aliphatic hydroxyl groups excluding tert-OH is 1. The van der Waals surface area contributed by atoms with Gasteiger partial charge in [0.05, 0.1) is 17.2 Å². The van der Waals surface area contributed by atoms with Gasteiger partial charge >= 0.3 is 0 Å². The molecule has 100 valence electrons. The zero-order valence-corrected chi connectivity index (χ0v) is 11.2. The molecule has 1 aromatic rings. The number of nitrogen functional groups attached to an aromatic ring is 1. The van der Waals surface area contributed by atoms with Crippen molar-refractivity contribution >= 4 is 23.3 Å². The lowest BCUT2D eigenvalue weighted by atomic mass is 10.2. The van der Waals surface area contributed by atoms with E-state index in [0.717, 1.165) is 12.8 Å². The number of rotatable bonds is 6. The molecule has 0 aliphatic carbocycles. The van der Waals surface area contributed by atoms with Crippen LogP contribution in [0.15, 0.2) is 12.3 Å². The molecule has 3 N–H and O–H groups in total. The summed E-state index contributed by atoms with van der Waals surface area (Å²) >= 11 is 5.84. The van der Waals surface area contributed by atoms with Crippen LogP contribution in [0.1, 0.15) is 30.1 Å². The Balaban J connectivity index is 2.83. The summed E-state index contributed by atoms with van der Waals surface area (Å²) in [7, 11) is 0. The molecule has 0 aliphatic heterocycles. The summed E-state index contributed by atoms with van der Waals surface area (Å²) in [6.45, 7) is 2.90. The van der Waals surface area contributed by atoms with E-state index >= 15 is 0 Å². The lowest BCUT2D eigenvalue weighted by Gasteiger charge is -2.21. The van der Waals surface area contributed by atoms with Gasteiger partial charge in [-0.05, 0) is 12.5 Å². The van der Waals surface area contributed by atoms with Gasteiger partial charge in [0.1, 0.15) is 5.82 Å². The Kier molecular flexibility index (Phi) is 5.88. The molecule has 0 atom stereocenters. The number of pyridine rings is 1. The molecule has 0 aliphatic rings. The number of aromatic nitrogens is 1. The summed E-state index contributed by atoms with van der Waals surface area (Å²) in [5.74, 6) is 0.0161. The molecule has 0 fully saturated rings. The number of carbonyl (C=O) groups excluding carboxylic acids is 1. The van der Waals surface area contributed by atoms with Crippen LogP contribution in [0, 0.1) is 0 Å². The van der Waals surface area contributed by atoms with Gasteiger partial charge in [0, 0.05) is 19.3 Å². The number of halogens is 1. The number of aliphatic hydroxyl groups is 1. The first-order valence-electron chi connectivity index (χ1n) is 5.91. The molecule has 0 saturated heterocycles. The molecule has 5 nitrogen and oxygen atoms in total. The molecule has 1 aromatic heterocycles. The number of anilines is 1. The molecule has 0 saturated carbocycles. The topological polar surface area (TPSA) is 79.5 Å². The second-order valence-electron chi connectivity index (χ2n) is 3.96. The van der Waals surface area contributed by atoms with E-state index in [1.165, 1.54) is 12.3 Å². The van der Waals surface area contributed by atoms with Crippen molar-refractivity contribution < 1.29 is 9.90 Å². The number of unbranched alkanes of at least 4 members (excludes halogenated alkanes) is 1. The summed E-state index contributed by atoms with van der Waals surface area (Å²) in [6.07, 6.45) is 3.28. The zero-order valence-electron chi connectivity index (χ0n) is 10.4. The van der Waals surface area contributed by atoms with Gasteiger partial charge in [-0.25, -0.2) is 4.98 Å². The van der Waals surface area contributed by atoms with E-state index in [4.69, 9.17) is 22.4 Å². The van der Waals surface area contributed by atoms with Crippen molar-refractivity contribution in [3.05, 3.63) is 22.8 Å². The second kappa shape index (κ2) is 7.18. The molecule has 18 heavy (non-hydrogen) atoms. The summed E-state index contributed by atoms with van der Waals surface area (Å²) < 4.78 is 0. The van der Waals surface area contributed by atoms with Crippen molar-refractivity contribution in [1.82, 2.24) is 9.88 Å². The minimum Gasteiger partial charge on any atom is -0.395 e. The molecule has 0 bridgehead atoms. The van der Waals surface area contributed by atoms with E-state index < -0.39 is 0 Å². The predicted octanol–water partition coefficient (Wildman–Crippen LogP) is 1.55. The number of nitrogens with zero attached hydrogens (tertiary/aromatic N) is 2. The Labute approximate surface area is 112 Å². The first kappa shape index (κ1) is 14.7. The quantitative estimate of drug-likeness (QED) is 0.823. The average Bonchev–Trinajstić information content (AvgIpc) is 2.37. The zero-order chi connectivity index (χ0) is 13.5. The highest BCUT2D eigenvalue weighted by atomic mass is 35.5. The van der Waals surface area contributed by atoms with Crippen molar-refractivity contribution in [1.29, 1.82) is 0 Å². The van der Waals surface area contributed by atoms with Crippen molar-refractivity contribution in [2.24, 2.45) is 0 Å². The molecule has 0 radical (unpaired) electrons. The van der Waals surface area contributed by atoms with Gasteiger partial charge in [-0.15, -0.1) is 0 Å². The fourth-order valence-corrected chi connectivity index (χ4v) is 1.70. The highest BCUT2D eigenvalue weighted by molar-refractivity contribution is 6.33. The van der Waals surface area contributed by atoms with Crippen molar-refractivity contribution in [2.75, 3.05) is 25.4 Å². The fraction of sp³-hybridized carbons (Fsp3) is 0.500. The highest BCUT2D eigenvalue weighted by Crippen LogP contribution is 2.18. The summed E-state index contributed by atoms with van der Waals surface area (Å²) in [5.41, 5.74) is 5.88. The van der Waals surface area contributed by atoms with Crippen LogP contribution in [0.2, 0.25) is 5.02 Å². The predicted molar refractivity (Wildman–Crippen MR) is 71.6 cm³/mol. The number of carbonyl (C=O) groups is 1. The highest BCUT2D eigenvalue weighted by Gasteiger charge is 2.16. The van der Waals surface area contributed by atoms with Crippen LogP contribution >= 0.6 is 11.6 Å². The SMILES string of the molecule is CCCCN(CCO)C(=O)c1cnc(N)c(Cl)c1. The Hall–Kier alpha value is -1.33. The van der Waals surface area contributed by atoms with E-state index in [0.29, 0.717) is 18.7 Å². The molecule has 1 heterocycles. The largest absolute Gasteiger partial charge is 0.395 e. The Morgan fingerprint density at radius 2 is 2.28 bits per heavy atom. The van der Waals surface area contributed by atoms with E-state index in [1.54, 1.807) is 4.90 Å². The van der Waals surface area contributed by atoms with Gasteiger partial charge < -0.3 is 15.7 Å². The van der Waals surface area contributed by atoms with Gasteiger partial charge in [0.2, 0.25) is 0 Å². The maximum atomic E-state index is 12.2. The van der Waals surface area contributed by atoms with Gasteiger partial charge in [-0.3, -0.25) is 4.79 Å². The molecule has 1 amide bonds. The molecule has 1 rings (SSSR count). The first-order chi connectivity index (χ1) is 8.60. The number of hydrogen-bond acceptors (Lipinski definition) is 4. The van der Waals surface area contributed by atoms with Gasteiger partial charge in [-0.1, -0.05) is 24.9 Å². The second-order valence-corrected chi connectivity index (χ2v) is 4.37. The fourth-order valence-electron chi connectivity index (χ4n) is 1.53. The third kappa shape index (κ3) is 3.85. The maximum Gasteiger partial charge on any atom is 0.255 e. The standard InChI is InChI=1S/C12H18ClN3O2/c1-2-3-4-16(5-6-17)12(18)9-7-10(13)11(14)15-8-9/h7-8,17H,2-6H2,1H3,(H2,14,15). The molecule has 0 unspecified atom stereocenters. The lowest BCUT2D eigenvalue weighted by molar-refractivity contribution is 0.0719.